The highest BCUT2D eigenvalue weighted by Crippen LogP contribution is 2.47. The Kier molecular flexibility index (Phi) is 8.77. The summed E-state index contributed by atoms with van der Waals surface area (Å²) in [6.07, 6.45) is 0.178. The minimum atomic E-state index is -1.59. The average molecular weight is 649 g/mol. The van der Waals surface area contributed by atoms with Gasteiger partial charge in [0.2, 0.25) is 0 Å². The van der Waals surface area contributed by atoms with E-state index < -0.39 is 36.3 Å². The summed E-state index contributed by atoms with van der Waals surface area (Å²) in [5.74, 6) is -2.43. The zero-order valence-corrected chi connectivity index (χ0v) is 25.9. The number of aliphatic hydroxyl groups is 2. The third-order valence-electron chi connectivity index (χ3n) is 7.58. The van der Waals surface area contributed by atoms with Gasteiger partial charge in [-0.15, -0.1) is 11.3 Å². The van der Waals surface area contributed by atoms with Gasteiger partial charge < -0.3 is 25.0 Å². The lowest BCUT2D eigenvalue weighted by atomic mass is 9.96. The molecule has 11 nitrogen and oxygen atoms in total. The zero-order chi connectivity index (χ0) is 32.5. The van der Waals surface area contributed by atoms with E-state index >= 15 is 4.39 Å². The van der Waals surface area contributed by atoms with Crippen molar-refractivity contribution in [3.05, 3.63) is 71.4 Å². The van der Waals surface area contributed by atoms with Gasteiger partial charge in [0.05, 0.1) is 47.9 Å². The van der Waals surface area contributed by atoms with Crippen molar-refractivity contribution < 1.29 is 33.3 Å². The molecule has 0 spiro atoms. The fraction of sp³-hybridized carbons (Fsp3) is 0.250. The minimum Gasteiger partial charge on any atom is -0.490 e. The summed E-state index contributed by atoms with van der Waals surface area (Å²) in [6.45, 7) is 1.19. The molecule has 0 aliphatic rings. The van der Waals surface area contributed by atoms with Gasteiger partial charge in [0, 0.05) is 52.9 Å². The Labute approximate surface area is 265 Å². The van der Waals surface area contributed by atoms with E-state index in [4.69, 9.17) is 19.6 Å². The third kappa shape index (κ3) is 5.83. The van der Waals surface area contributed by atoms with Gasteiger partial charge in [-0.2, -0.15) is 10.2 Å². The first-order valence-corrected chi connectivity index (χ1v) is 15.2. The largest absolute Gasteiger partial charge is 0.490 e. The van der Waals surface area contributed by atoms with E-state index in [2.05, 4.69) is 20.6 Å². The standard InChI is InChI=1S/C32H30F2N6O5S/c1-16(36-32(43)25(42)15-41)22-13-23(39-38-22)30-28(27-21(34)11-19(33)12-26(27)45-8-7-44-3)31-20(6-9-46-31)29(37-30)17-4-5-24-18(10-17)14-35-40(24)2/h4-6,9-14,16,25,41-42H,7-8,15H2,1-3H3,(H,36,43)(H,38,39). The van der Waals surface area contributed by atoms with Gasteiger partial charge in [0.1, 0.15) is 35.4 Å². The number of thiophene rings is 1. The summed E-state index contributed by atoms with van der Waals surface area (Å²) in [5.41, 5.74) is 3.78. The number of hydrogen-bond acceptors (Lipinski definition) is 9. The smallest absolute Gasteiger partial charge is 0.251 e. The molecular formula is C32H30F2N6O5S. The number of pyridine rings is 1. The van der Waals surface area contributed by atoms with E-state index in [0.717, 1.165) is 34.0 Å². The van der Waals surface area contributed by atoms with E-state index in [9.17, 15) is 14.3 Å². The molecule has 0 radical (unpaired) electrons. The van der Waals surface area contributed by atoms with Gasteiger partial charge in [-0.25, -0.2) is 13.8 Å². The van der Waals surface area contributed by atoms with Crippen molar-refractivity contribution in [2.75, 3.05) is 26.9 Å². The van der Waals surface area contributed by atoms with Crippen LogP contribution in [0.2, 0.25) is 0 Å². The second-order valence-corrected chi connectivity index (χ2v) is 11.5. The number of benzene rings is 2. The number of carbonyl (C=O) groups is 1. The van der Waals surface area contributed by atoms with Crippen molar-refractivity contribution in [3.8, 4) is 39.5 Å². The van der Waals surface area contributed by atoms with Crippen LogP contribution in [0.4, 0.5) is 8.78 Å². The van der Waals surface area contributed by atoms with Crippen molar-refractivity contribution in [1.29, 1.82) is 0 Å². The molecule has 0 aliphatic carbocycles. The highest BCUT2D eigenvalue weighted by atomic mass is 32.1. The average Bonchev–Trinajstić information content (AvgIpc) is 3.81. The van der Waals surface area contributed by atoms with E-state index in [1.54, 1.807) is 23.9 Å². The summed E-state index contributed by atoms with van der Waals surface area (Å²) in [4.78, 5) is 17.3. The van der Waals surface area contributed by atoms with Gasteiger partial charge in [0.25, 0.3) is 5.91 Å². The van der Waals surface area contributed by atoms with Crippen LogP contribution in [0, 0.1) is 11.6 Å². The van der Waals surface area contributed by atoms with Crippen LogP contribution >= 0.6 is 11.3 Å². The Balaban J connectivity index is 1.58. The molecule has 238 valence electrons. The summed E-state index contributed by atoms with van der Waals surface area (Å²) >= 11 is 1.37. The van der Waals surface area contributed by atoms with Crippen molar-refractivity contribution >= 4 is 38.2 Å². The molecule has 46 heavy (non-hydrogen) atoms. The number of ether oxygens (including phenoxy) is 2. The van der Waals surface area contributed by atoms with Gasteiger partial charge in [-0.3, -0.25) is 14.6 Å². The van der Waals surface area contributed by atoms with Gasteiger partial charge in [0.15, 0.2) is 6.10 Å². The van der Waals surface area contributed by atoms with Crippen LogP contribution in [0.25, 0.3) is 54.8 Å². The number of aromatic amines is 1. The Morgan fingerprint density at radius 3 is 2.74 bits per heavy atom. The number of methoxy groups -OCH3 is 1. The number of halogens is 2. The Bertz CT molecular complexity index is 2060. The molecule has 0 fully saturated rings. The Hall–Kier alpha value is -4.76. The number of fused-ring (bicyclic) bond motifs is 2. The maximum absolute atomic E-state index is 15.9. The Morgan fingerprint density at radius 2 is 1.96 bits per heavy atom. The molecule has 0 saturated heterocycles. The fourth-order valence-electron chi connectivity index (χ4n) is 5.26. The van der Waals surface area contributed by atoms with Crippen LogP contribution in [0.3, 0.4) is 0 Å². The lowest BCUT2D eigenvalue weighted by molar-refractivity contribution is -0.131. The second-order valence-electron chi connectivity index (χ2n) is 10.6. The number of aliphatic hydroxyl groups excluding tert-OH is 2. The number of aryl methyl sites for hydroxylation is 1. The SMILES string of the molecule is COCCOc1cc(F)cc(F)c1-c1c(-c2cc(C(C)NC(=O)C(O)CO)[nH]n2)nc(-c2ccc3c(cnn3C)c2)c2ccsc12. The van der Waals surface area contributed by atoms with Crippen LogP contribution < -0.4 is 10.1 Å². The van der Waals surface area contributed by atoms with Gasteiger partial charge in [-0.1, -0.05) is 6.07 Å². The molecule has 2 aromatic carbocycles. The molecule has 4 heterocycles. The predicted molar refractivity (Wildman–Crippen MR) is 169 cm³/mol. The molecule has 2 unspecified atom stereocenters. The lowest BCUT2D eigenvalue weighted by Crippen LogP contribution is -2.38. The lowest BCUT2D eigenvalue weighted by Gasteiger charge is -2.17. The summed E-state index contributed by atoms with van der Waals surface area (Å²) in [6, 6.07) is 10.7. The topological polar surface area (TPSA) is 147 Å². The summed E-state index contributed by atoms with van der Waals surface area (Å²) < 4.78 is 43.8. The van der Waals surface area contributed by atoms with Crippen molar-refractivity contribution in [1.82, 2.24) is 30.3 Å². The quantitative estimate of drug-likeness (QED) is 0.147. The number of nitrogens with one attached hydrogen (secondary N) is 2. The second kappa shape index (κ2) is 12.9. The molecule has 4 aromatic heterocycles. The van der Waals surface area contributed by atoms with Crippen molar-refractivity contribution in [2.24, 2.45) is 7.05 Å². The first-order valence-electron chi connectivity index (χ1n) is 14.3. The van der Waals surface area contributed by atoms with Crippen molar-refractivity contribution in [2.45, 2.75) is 19.1 Å². The van der Waals surface area contributed by atoms with E-state index in [1.165, 1.54) is 18.4 Å². The number of rotatable bonds is 11. The predicted octanol–water partition coefficient (Wildman–Crippen LogP) is 4.74. The number of hydrogen-bond donors (Lipinski definition) is 4. The fourth-order valence-corrected chi connectivity index (χ4v) is 6.21. The van der Waals surface area contributed by atoms with Crippen LogP contribution in [-0.4, -0.2) is 74.1 Å². The van der Waals surface area contributed by atoms with Crippen LogP contribution in [0.1, 0.15) is 18.7 Å². The molecular weight excluding hydrogens is 618 g/mol. The molecule has 0 bridgehead atoms. The van der Waals surface area contributed by atoms with Crippen LogP contribution in [-0.2, 0) is 16.6 Å². The normalized spacial score (nSPS) is 12.9. The maximum atomic E-state index is 15.9. The number of nitrogens with zero attached hydrogens (tertiary/aromatic N) is 4. The van der Waals surface area contributed by atoms with E-state index in [-0.39, 0.29) is 30.2 Å². The molecule has 2 atom stereocenters. The highest BCUT2D eigenvalue weighted by Gasteiger charge is 2.27. The number of aromatic nitrogens is 5. The molecule has 0 aliphatic heterocycles. The van der Waals surface area contributed by atoms with E-state index in [1.807, 2.05) is 36.7 Å². The number of amides is 1. The zero-order valence-electron chi connectivity index (χ0n) is 25.0. The summed E-state index contributed by atoms with van der Waals surface area (Å²) in [5, 5.41) is 36.7. The van der Waals surface area contributed by atoms with Gasteiger partial charge >= 0.3 is 0 Å². The molecule has 1 amide bonds. The van der Waals surface area contributed by atoms with Gasteiger partial charge in [-0.05, 0) is 36.6 Å². The number of H-pyrrole nitrogens is 1. The first-order chi connectivity index (χ1) is 22.2. The molecule has 4 N–H and O–H groups in total. The van der Waals surface area contributed by atoms with Crippen molar-refractivity contribution in [3.63, 3.8) is 0 Å². The third-order valence-corrected chi connectivity index (χ3v) is 8.51. The minimum absolute atomic E-state index is 0.0127. The molecule has 6 aromatic rings. The van der Waals surface area contributed by atoms with Crippen LogP contribution in [0.5, 0.6) is 5.75 Å². The first kappa shape index (κ1) is 31.2. The molecule has 14 heteroatoms. The summed E-state index contributed by atoms with van der Waals surface area (Å²) in [7, 11) is 3.36. The molecule has 0 saturated carbocycles. The van der Waals surface area contributed by atoms with Crippen LogP contribution in [0.15, 0.2) is 54.0 Å². The van der Waals surface area contributed by atoms with E-state index in [0.29, 0.717) is 27.3 Å². The maximum Gasteiger partial charge on any atom is 0.251 e. The Morgan fingerprint density at radius 1 is 1.13 bits per heavy atom. The highest BCUT2D eigenvalue weighted by molar-refractivity contribution is 7.18. The number of carbonyl (C=O) groups excluding carboxylic acids is 1. The monoisotopic (exact) mass is 648 g/mol. The molecule has 6 rings (SSSR count).